The maximum Gasteiger partial charge on any atom is 0.119 e. The first-order valence-electron chi connectivity index (χ1n) is 5.72. The van der Waals surface area contributed by atoms with Gasteiger partial charge in [0, 0.05) is 18.9 Å². The van der Waals surface area contributed by atoms with Crippen molar-refractivity contribution in [1.29, 1.82) is 0 Å². The van der Waals surface area contributed by atoms with Gasteiger partial charge in [-0.25, -0.2) is 0 Å². The van der Waals surface area contributed by atoms with E-state index in [0.29, 0.717) is 6.61 Å². The first-order chi connectivity index (χ1) is 8.38. The van der Waals surface area contributed by atoms with Crippen molar-refractivity contribution in [2.45, 2.75) is 13.1 Å². The van der Waals surface area contributed by atoms with Gasteiger partial charge < -0.3 is 10.1 Å². The normalized spacial score (nSPS) is 10.4. The topological polar surface area (TPSA) is 39.1 Å². The molecule has 0 aliphatic carbocycles. The minimum absolute atomic E-state index is 0.632. The highest BCUT2D eigenvalue weighted by Gasteiger charge is 1.95. The fourth-order valence-electron chi connectivity index (χ4n) is 1.60. The second-order valence-corrected chi connectivity index (χ2v) is 3.79. The Hall–Kier alpha value is -1.81. The summed E-state index contributed by atoms with van der Waals surface area (Å²) >= 11 is 0. The number of hydrogen-bond acceptors (Lipinski definition) is 3. The number of rotatable bonds is 6. The first kappa shape index (κ1) is 11.7. The van der Waals surface area contributed by atoms with Crippen molar-refractivity contribution in [3.05, 3.63) is 48.3 Å². The largest absolute Gasteiger partial charge is 0.492 e. The molecule has 0 aliphatic heterocycles. The van der Waals surface area contributed by atoms with Crippen LogP contribution in [0.5, 0.6) is 5.75 Å². The van der Waals surface area contributed by atoms with E-state index in [1.54, 1.807) is 6.20 Å². The summed E-state index contributed by atoms with van der Waals surface area (Å²) in [5.74, 6) is 0.900. The summed E-state index contributed by atoms with van der Waals surface area (Å²) in [6, 6.07) is 10.0. The van der Waals surface area contributed by atoms with Crippen LogP contribution in [0.2, 0.25) is 0 Å². The summed E-state index contributed by atoms with van der Waals surface area (Å²) in [4.78, 5) is 0. The van der Waals surface area contributed by atoms with E-state index in [9.17, 15) is 0 Å². The molecule has 0 unspecified atom stereocenters. The third-order valence-electron chi connectivity index (χ3n) is 2.45. The molecule has 2 rings (SSSR count). The van der Waals surface area contributed by atoms with Gasteiger partial charge in [0.1, 0.15) is 12.4 Å². The van der Waals surface area contributed by atoms with Gasteiger partial charge in [0.15, 0.2) is 0 Å². The SMILES string of the molecule is CNCc1ccc(OCCn2cccn2)cc1. The summed E-state index contributed by atoms with van der Waals surface area (Å²) < 4.78 is 7.49. The third-order valence-corrected chi connectivity index (χ3v) is 2.45. The lowest BCUT2D eigenvalue weighted by Gasteiger charge is -2.07. The minimum Gasteiger partial charge on any atom is -0.492 e. The van der Waals surface area contributed by atoms with E-state index in [-0.39, 0.29) is 0 Å². The standard InChI is InChI=1S/C13H17N3O/c1-14-11-12-3-5-13(6-4-12)17-10-9-16-8-2-7-15-16/h2-8,14H,9-11H2,1H3. The van der Waals surface area contributed by atoms with E-state index < -0.39 is 0 Å². The molecule has 4 nitrogen and oxygen atoms in total. The van der Waals surface area contributed by atoms with Crippen molar-refractivity contribution in [2.75, 3.05) is 13.7 Å². The van der Waals surface area contributed by atoms with Crippen LogP contribution in [-0.4, -0.2) is 23.4 Å². The summed E-state index contributed by atoms with van der Waals surface area (Å²) in [7, 11) is 1.94. The van der Waals surface area contributed by atoms with E-state index in [4.69, 9.17) is 4.74 Å². The minimum atomic E-state index is 0.632. The molecule has 1 aromatic carbocycles. The van der Waals surface area contributed by atoms with Crippen LogP contribution in [0.15, 0.2) is 42.7 Å². The lowest BCUT2D eigenvalue weighted by Crippen LogP contribution is -2.08. The number of nitrogens with zero attached hydrogens (tertiary/aromatic N) is 2. The lowest BCUT2D eigenvalue weighted by molar-refractivity contribution is 0.291. The van der Waals surface area contributed by atoms with Crippen LogP contribution >= 0.6 is 0 Å². The van der Waals surface area contributed by atoms with Crippen LogP contribution in [-0.2, 0) is 13.1 Å². The van der Waals surface area contributed by atoms with Gasteiger partial charge in [0.2, 0.25) is 0 Å². The molecule has 0 saturated heterocycles. The Morgan fingerprint density at radius 3 is 2.76 bits per heavy atom. The van der Waals surface area contributed by atoms with Gasteiger partial charge in [0.25, 0.3) is 0 Å². The van der Waals surface area contributed by atoms with Crippen LogP contribution in [0.25, 0.3) is 0 Å². The van der Waals surface area contributed by atoms with Crippen molar-refractivity contribution in [3.63, 3.8) is 0 Å². The zero-order chi connectivity index (χ0) is 11.9. The molecular formula is C13H17N3O. The molecule has 0 spiro atoms. The predicted molar refractivity (Wildman–Crippen MR) is 66.9 cm³/mol. The summed E-state index contributed by atoms with van der Waals surface area (Å²) in [6.45, 7) is 2.28. The van der Waals surface area contributed by atoms with Crippen LogP contribution in [0, 0.1) is 0 Å². The second-order valence-electron chi connectivity index (χ2n) is 3.79. The Labute approximate surface area is 101 Å². The van der Waals surface area contributed by atoms with E-state index in [0.717, 1.165) is 18.8 Å². The molecular weight excluding hydrogens is 214 g/mol. The van der Waals surface area contributed by atoms with Crippen LogP contribution in [0.1, 0.15) is 5.56 Å². The van der Waals surface area contributed by atoms with Crippen molar-refractivity contribution < 1.29 is 4.74 Å². The highest BCUT2D eigenvalue weighted by Crippen LogP contribution is 2.11. The predicted octanol–water partition coefficient (Wildman–Crippen LogP) is 1.68. The monoisotopic (exact) mass is 231 g/mol. The zero-order valence-corrected chi connectivity index (χ0v) is 9.97. The lowest BCUT2D eigenvalue weighted by atomic mass is 10.2. The molecule has 1 N–H and O–H groups in total. The molecule has 1 aromatic heterocycles. The number of benzene rings is 1. The average molecular weight is 231 g/mol. The van der Waals surface area contributed by atoms with Gasteiger partial charge >= 0.3 is 0 Å². The van der Waals surface area contributed by atoms with E-state index in [2.05, 4.69) is 22.5 Å². The van der Waals surface area contributed by atoms with E-state index in [1.165, 1.54) is 5.56 Å². The van der Waals surface area contributed by atoms with Crippen molar-refractivity contribution in [2.24, 2.45) is 0 Å². The summed E-state index contributed by atoms with van der Waals surface area (Å²) in [6.07, 6.45) is 3.70. The molecule has 0 bridgehead atoms. The molecule has 2 aromatic rings. The molecule has 0 aliphatic rings. The second kappa shape index (κ2) is 6.06. The summed E-state index contributed by atoms with van der Waals surface area (Å²) in [5, 5.41) is 7.23. The fourth-order valence-corrected chi connectivity index (χ4v) is 1.60. The van der Waals surface area contributed by atoms with Gasteiger partial charge in [-0.05, 0) is 30.8 Å². The van der Waals surface area contributed by atoms with Gasteiger partial charge in [-0.3, -0.25) is 4.68 Å². The molecule has 0 atom stereocenters. The van der Waals surface area contributed by atoms with Crippen LogP contribution in [0.4, 0.5) is 0 Å². The fraction of sp³-hybridized carbons (Fsp3) is 0.308. The Kier molecular flexibility index (Phi) is 4.16. The highest BCUT2D eigenvalue weighted by atomic mass is 16.5. The Morgan fingerprint density at radius 1 is 1.29 bits per heavy atom. The molecule has 1 heterocycles. The molecule has 0 saturated carbocycles. The molecule has 17 heavy (non-hydrogen) atoms. The molecule has 90 valence electrons. The van der Waals surface area contributed by atoms with Gasteiger partial charge in [-0.15, -0.1) is 0 Å². The Balaban J connectivity index is 1.79. The first-order valence-corrected chi connectivity index (χ1v) is 5.72. The quantitative estimate of drug-likeness (QED) is 0.822. The summed E-state index contributed by atoms with van der Waals surface area (Å²) in [5.41, 5.74) is 1.26. The van der Waals surface area contributed by atoms with E-state index in [1.807, 2.05) is 36.1 Å². The molecule has 0 fully saturated rings. The van der Waals surface area contributed by atoms with Crippen LogP contribution in [0.3, 0.4) is 0 Å². The van der Waals surface area contributed by atoms with Crippen molar-refractivity contribution in [1.82, 2.24) is 15.1 Å². The van der Waals surface area contributed by atoms with Gasteiger partial charge in [-0.1, -0.05) is 12.1 Å². The van der Waals surface area contributed by atoms with Gasteiger partial charge in [0.05, 0.1) is 6.54 Å². The number of hydrogen-bond donors (Lipinski definition) is 1. The van der Waals surface area contributed by atoms with Crippen molar-refractivity contribution in [3.8, 4) is 5.75 Å². The number of nitrogens with one attached hydrogen (secondary N) is 1. The molecule has 0 amide bonds. The Bertz CT molecular complexity index is 422. The Morgan fingerprint density at radius 2 is 2.12 bits per heavy atom. The van der Waals surface area contributed by atoms with E-state index >= 15 is 0 Å². The third kappa shape index (κ3) is 3.60. The highest BCUT2D eigenvalue weighted by molar-refractivity contribution is 5.27. The van der Waals surface area contributed by atoms with Gasteiger partial charge in [-0.2, -0.15) is 5.10 Å². The maximum atomic E-state index is 5.63. The molecule has 0 radical (unpaired) electrons. The number of ether oxygens (including phenoxy) is 1. The average Bonchev–Trinajstić information content (AvgIpc) is 2.85. The molecule has 4 heteroatoms. The van der Waals surface area contributed by atoms with Crippen molar-refractivity contribution >= 4 is 0 Å². The smallest absolute Gasteiger partial charge is 0.119 e. The zero-order valence-electron chi connectivity index (χ0n) is 9.97. The maximum absolute atomic E-state index is 5.63. The van der Waals surface area contributed by atoms with Crippen LogP contribution < -0.4 is 10.1 Å². The number of aromatic nitrogens is 2.